The Kier molecular flexibility index (Phi) is 5.15. The van der Waals surface area contributed by atoms with E-state index in [-0.39, 0.29) is 5.82 Å². The molecule has 2 N–H and O–H groups in total. The van der Waals surface area contributed by atoms with Crippen molar-refractivity contribution in [2.45, 2.75) is 18.8 Å². The van der Waals surface area contributed by atoms with Crippen molar-refractivity contribution in [3.63, 3.8) is 0 Å². The molecule has 1 heterocycles. The first kappa shape index (κ1) is 17.2. The van der Waals surface area contributed by atoms with Crippen molar-refractivity contribution in [1.29, 1.82) is 0 Å². The van der Waals surface area contributed by atoms with Crippen molar-refractivity contribution in [1.82, 2.24) is 10.3 Å². The molecule has 0 aliphatic heterocycles. The molecule has 21 heavy (non-hydrogen) atoms. The van der Waals surface area contributed by atoms with Crippen LogP contribution in [0.5, 0.6) is 0 Å². The van der Waals surface area contributed by atoms with Crippen LogP contribution in [-0.4, -0.2) is 35.8 Å². The van der Waals surface area contributed by atoms with Crippen molar-refractivity contribution in [2.75, 3.05) is 12.4 Å². The first-order valence-electron chi connectivity index (χ1n) is 5.46. The molecule has 0 bridgehead atoms. The molecule has 1 aromatic rings. The number of esters is 1. The highest BCUT2D eigenvalue weighted by Gasteiger charge is 2.63. The van der Waals surface area contributed by atoms with Gasteiger partial charge in [-0.2, -0.15) is 13.2 Å². The second-order valence-corrected chi connectivity index (χ2v) is 4.82. The second-order valence-electron chi connectivity index (χ2n) is 3.91. The third-order valence-electron chi connectivity index (χ3n) is 2.32. The summed E-state index contributed by atoms with van der Waals surface area (Å²) in [7, 11) is 0.779. The largest absolute Gasteiger partial charge is 0.466 e. The van der Waals surface area contributed by atoms with E-state index in [1.807, 2.05) is 5.32 Å². The standard InChI is InChI=1S/C11H11BrF3N3O3/c1-6(19)17-10(9(20)21-2,11(13,14)15)18-8-4-3-7(12)5-16-8/h3-5H,1-2H3,(H,16,18)(H,17,19)/t10-/m0/s1. The molecule has 0 radical (unpaired) electrons. The molecule has 0 aliphatic rings. The van der Waals surface area contributed by atoms with Gasteiger partial charge in [-0.1, -0.05) is 0 Å². The van der Waals surface area contributed by atoms with Crippen molar-refractivity contribution >= 4 is 33.6 Å². The predicted molar refractivity (Wildman–Crippen MR) is 70.2 cm³/mol. The molecule has 6 nitrogen and oxygen atoms in total. The molecule has 1 rings (SSSR count). The van der Waals surface area contributed by atoms with Gasteiger partial charge in [0.1, 0.15) is 5.82 Å². The number of methoxy groups -OCH3 is 1. The zero-order valence-electron chi connectivity index (χ0n) is 10.9. The smallest absolute Gasteiger partial charge is 0.441 e. The van der Waals surface area contributed by atoms with Crippen LogP contribution in [0.1, 0.15) is 6.92 Å². The molecule has 10 heteroatoms. The van der Waals surface area contributed by atoms with Crippen molar-refractivity contribution < 1.29 is 27.5 Å². The van der Waals surface area contributed by atoms with Gasteiger partial charge >= 0.3 is 17.8 Å². The Bertz CT molecular complexity index is 536. The highest BCUT2D eigenvalue weighted by Crippen LogP contribution is 2.32. The number of carbonyl (C=O) groups is 2. The quantitative estimate of drug-likeness (QED) is 0.625. The van der Waals surface area contributed by atoms with Crippen LogP contribution >= 0.6 is 15.9 Å². The fraction of sp³-hybridized carbons (Fsp3) is 0.364. The summed E-state index contributed by atoms with van der Waals surface area (Å²) in [5, 5.41) is 3.42. The lowest BCUT2D eigenvalue weighted by Gasteiger charge is -2.34. The highest BCUT2D eigenvalue weighted by molar-refractivity contribution is 9.10. The second kappa shape index (κ2) is 6.29. The maximum atomic E-state index is 13.3. The number of hydrogen-bond donors (Lipinski definition) is 2. The third-order valence-corrected chi connectivity index (χ3v) is 2.79. The number of aromatic nitrogens is 1. The van der Waals surface area contributed by atoms with E-state index in [2.05, 4.69) is 25.7 Å². The zero-order valence-corrected chi connectivity index (χ0v) is 12.5. The normalized spacial score (nSPS) is 14.0. The van der Waals surface area contributed by atoms with Gasteiger partial charge in [0.05, 0.1) is 7.11 Å². The summed E-state index contributed by atoms with van der Waals surface area (Å²) >= 11 is 3.07. The van der Waals surface area contributed by atoms with E-state index in [4.69, 9.17) is 0 Å². The van der Waals surface area contributed by atoms with Crippen molar-refractivity contribution in [3.8, 4) is 0 Å². The summed E-state index contributed by atoms with van der Waals surface area (Å²) in [6.45, 7) is 0.847. The minimum absolute atomic E-state index is 0.269. The molecule has 0 aliphatic carbocycles. The molecule has 1 aromatic heterocycles. The average molecular weight is 370 g/mol. The van der Waals surface area contributed by atoms with Crippen LogP contribution in [0.15, 0.2) is 22.8 Å². The van der Waals surface area contributed by atoms with Crippen LogP contribution in [0, 0.1) is 0 Å². The third kappa shape index (κ3) is 3.84. The molecular formula is C11H11BrF3N3O3. The summed E-state index contributed by atoms with van der Waals surface area (Å²) in [5.74, 6) is -3.05. The molecular weight excluding hydrogens is 359 g/mol. The van der Waals surface area contributed by atoms with Crippen LogP contribution in [0.25, 0.3) is 0 Å². The minimum Gasteiger partial charge on any atom is -0.466 e. The molecule has 0 saturated carbocycles. The first-order valence-corrected chi connectivity index (χ1v) is 6.25. The molecule has 0 unspecified atom stereocenters. The first-order chi connectivity index (χ1) is 9.62. The number of anilines is 1. The molecule has 0 aromatic carbocycles. The minimum atomic E-state index is -5.15. The molecule has 0 spiro atoms. The Hall–Kier alpha value is -1.84. The number of alkyl halides is 3. The summed E-state index contributed by atoms with van der Waals surface area (Å²) in [6, 6.07) is 2.62. The fourth-order valence-electron chi connectivity index (χ4n) is 1.45. The van der Waals surface area contributed by atoms with Gasteiger partial charge < -0.3 is 15.4 Å². The summed E-state index contributed by atoms with van der Waals surface area (Å²) in [4.78, 5) is 26.4. The number of amides is 1. The molecule has 0 saturated heterocycles. The number of pyridine rings is 1. The maximum Gasteiger partial charge on any atom is 0.441 e. The van der Waals surface area contributed by atoms with E-state index < -0.39 is 23.7 Å². The van der Waals surface area contributed by atoms with E-state index in [0.717, 1.165) is 14.0 Å². The van der Waals surface area contributed by atoms with Crippen LogP contribution in [0.3, 0.4) is 0 Å². The number of carbonyl (C=O) groups excluding carboxylic acids is 2. The molecule has 0 fully saturated rings. The van der Waals surface area contributed by atoms with E-state index in [0.29, 0.717) is 4.47 Å². The Morgan fingerprint density at radius 1 is 1.33 bits per heavy atom. The van der Waals surface area contributed by atoms with Crippen LogP contribution < -0.4 is 10.6 Å². The van der Waals surface area contributed by atoms with Crippen molar-refractivity contribution in [3.05, 3.63) is 22.8 Å². The van der Waals surface area contributed by atoms with Crippen LogP contribution in [-0.2, 0) is 14.3 Å². The van der Waals surface area contributed by atoms with E-state index in [9.17, 15) is 22.8 Å². The van der Waals surface area contributed by atoms with Gasteiger partial charge in [0.2, 0.25) is 5.91 Å². The maximum absolute atomic E-state index is 13.3. The summed E-state index contributed by atoms with van der Waals surface area (Å²) < 4.78 is 44.7. The van der Waals surface area contributed by atoms with Gasteiger partial charge in [-0.25, -0.2) is 9.78 Å². The number of nitrogens with one attached hydrogen (secondary N) is 2. The number of ether oxygens (including phenoxy) is 1. The predicted octanol–water partition coefficient (Wildman–Crippen LogP) is 1.82. The molecule has 1 amide bonds. The van der Waals surface area contributed by atoms with Gasteiger partial charge in [-0.15, -0.1) is 0 Å². The van der Waals surface area contributed by atoms with Gasteiger partial charge in [0, 0.05) is 17.6 Å². The highest BCUT2D eigenvalue weighted by atomic mass is 79.9. The number of rotatable bonds is 4. The Labute approximate surface area is 126 Å². The Morgan fingerprint density at radius 2 is 1.95 bits per heavy atom. The van der Waals surface area contributed by atoms with E-state index in [1.54, 1.807) is 5.32 Å². The van der Waals surface area contributed by atoms with Crippen LogP contribution in [0.2, 0.25) is 0 Å². The number of nitrogens with zero attached hydrogens (tertiary/aromatic N) is 1. The fourth-order valence-corrected chi connectivity index (χ4v) is 1.68. The lowest BCUT2D eigenvalue weighted by molar-refractivity contribution is -0.206. The summed E-state index contributed by atoms with van der Waals surface area (Å²) in [5.41, 5.74) is -3.42. The topological polar surface area (TPSA) is 80.3 Å². The lowest BCUT2D eigenvalue weighted by Crippen LogP contribution is -2.69. The van der Waals surface area contributed by atoms with E-state index >= 15 is 0 Å². The summed E-state index contributed by atoms with van der Waals surface area (Å²) in [6.07, 6.45) is -3.92. The lowest BCUT2D eigenvalue weighted by atomic mass is 10.1. The van der Waals surface area contributed by atoms with Gasteiger partial charge in [-0.3, -0.25) is 4.79 Å². The SMILES string of the molecule is COC(=O)[C@](NC(C)=O)(Nc1ccc(Br)cn1)C(F)(F)F. The van der Waals surface area contributed by atoms with Crippen LogP contribution in [0.4, 0.5) is 19.0 Å². The molecule has 1 atom stereocenters. The Balaban J connectivity index is 3.30. The van der Waals surface area contributed by atoms with Gasteiger partial charge in [-0.05, 0) is 28.1 Å². The number of halogens is 4. The Morgan fingerprint density at radius 3 is 2.33 bits per heavy atom. The average Bonchev–Trinajstić information content (AvgIpc) is 2.37. The van der Waals surface area contributed by atoms with E-state index in [1.165, 1.54) is 18.3 Å². The van der Waals surface area contributed by atoms with Gasteiger partial charge in [0.25, 0.3) is 0 Å². The van der Waals surface area contributed by atoms with Gasteiger partial charge in [0.15, 0.2) is 0 Å². The number of hydrogen-bond acceptors (Lipinski definition) is 5. The van der Waals surface area contributed by atoms with Crippen molar-refractivity contribution in [2.24, 2.45) is 0 Å². The zero-order chi connectivity index (χ0) is 16.3. The monoisotopic (exact) mass is 369 g/mol. The molecule has 116 valence electrons.